The van der Waals surface area contributed by atoms with Gasteiger partial charge in [0.1, 0.15) is 6.04 Å². The second kappa shape index (κ2) is 16.2. The van der Waals surface area contributed by atoms with Crippen LogP contribution in [-0.4, -0.2) is 35.5 Å². The summed E-state index contributed by atoms with van der Waals surface area (Å²) < 4.78 is 0. The number of aryl methyl sites for hydroxylation is 1. The Hall–Kier alpha value is -1.53. The molecule has 1 aromatic rings. The lowest BCUT2D eigenvalue weighted by Gasteiger charge is -2.23. The maximum Gasteiger partial charge on any atom is 0.266 e. The Morgan fingerprint density at radius 3 is 2.19 bits per heavy atom. The second-order valence-electron chi connectivity index (χ2n) is 9.04. The molecule has 0 spiro atoms. The van der Waals surface area contributed by atoms with Crippen LogP contribution in [0.3, 0.4) is 0 Å². The average Bonchev–Trinajstić information content (AvgIpc) is 2.74. The third-order valence-corrected chi connectivity index (χ3v) is 5.58. The van der Waals surface area contributed by atoms with Crippen molar-refractivity contribution in [3.8, 4) is 0 Å². The smallest absolute Gasteiger partial charge is 0.266 e. The van der Waals surface area contributed by atoms with Crippen LogP contribution in [0.15, 0.2) is 30.3 Å². The third-order valence-electron chi connectivity index (χ3n) is 4.93. The number of hydroxylamine groups is 1. The van der Waals surface area contributed by atoms with Crippen LogP contribution in [0.1, 0.15) is 84.1 Å². The number of amides is 2. The van der Waals surface area contributed by atoms with Crippen molar-refractivity contribution in [2.24, 2.45) is 0 Å². The molecule has 5 nitrogen and oxygen atoms in total. The molecule has 0 fully saturated rings. The van der Waals surface area contributed by atoms with Crippen molar-refractivity contribution in [2.45, 2.75) is 96.6 Å². The summed E-state index contributed by atoms with van der Waals surface area (Å²) in [5.41, 5.74) is 3.44. The first-order valence-electron chi connectivity index (χ1n) is 11.6. The SMILES string of the molecule is CSCC[C@@H](NC(=O)CCCCCCCCCc1ccccc1)C(=O)NOC(C)(C)C. The number of carbonyl (C=O) groups excluding carboxylic acids is 2. The molecule has 1 rings (SSSR count). The van der Waals surface area contributed by atoms with Crippen LogP contribution < -0.4 is 10.8 Å². The molecule has 0 heterocycles. The zero-order valence-corrected chi connectivity index (χ0v) is 20.7. The highest BCUT2D eigenvalue weighted by molar-refractivity contribution is 7.98. The molecule has 0 aromatic heterocycles. The van der Waals surface area contributed by atoms with Gasteiger partial charge in [-0.1, -0.05) is 62.4 Å². The molecule has 31 heavy (non-hydrogen) atoms. The minimum Gasteiger partial charge on any atom is -0.344 e. The van der Waals surface area contributed by atoms with Gasteiger partial charge in [-0.3, -0.25) is 14.4 Å². The lowest BCUT2D eigenvalue weighted by molar-refractivity contribution is -0.149. The quantitative estimate of drug-likeness (QED) is 0.260. The Balaban J connectivity index is 2.13. The molecule has 0 aliphatic heterocycles. The van der Waals surface area contributed by atoms with Crippen LogP contribution in [-0.2, 0) is 20.8 Å². The summed E-state index contributed by atoms with van der Waals surface area (Å²) in [5, 5.41) is 2.88. The van der Waals surface area contributed by atoms with E-state index >= 15 is 0 Å². The van der Waals surface area contributed by atoms with Crippen molar-refractivity contribution < 1.29 is 14.4 Å². The molecule has 2 N–H and O–H groups in total. The molecule has 6 heteroatoms. The van der Waals surface area contributed by atoms with E-state index in [0.29, 0.717) is 12.8 Å². The molecular weight excluding hydrogens is 408 g/mol. The minimum atomic E-state index is -0.549. The number of carbonyl (C=O) groups is 2. The van der Waals surface area contributed by atoms with Gasteiger partial charge >= 0.3 is 0 Å². The fourth-order valence-corrected chi connectivity index (χ4v) is 3.66. The lowest BCUT2D eigenvalue weighted by atomic mass is 10.0. The number of hydrogen-bond donors (Lipinski definition) is 2. The molecular formula is C25H42N2O3S. The van der Waals surface area contributed by atoms with E-state index in [2.05, 4.69) is 41.1 Å². The summed E-state index contributed by atoms with van der Waals surface area (Å²) >= 11 is 1.66. The van der Waals surface area contributed by atoms with E-state index in [1.165, 1.54) is 31.2 Å². The van der Waals surface area contributed by atoms with Crippen molar-refractivity contribution >= 4 is 23.6 Å². The van der Waals surface area contributed by atoms with Gasteiger partial charge in [-0.2, -0.15) is 11.8 Å². The van der Waals surface area contributed by atoms with Gasteiger partial charge in [0.15, 0.2) is 0 Å². The summed E-state index contributed by atoms with van der Waals surface area (Å²) in [4.78, 5) is 30.0. The van der Waals surface area contributed by atoms with Crippen LogP contribution in [0, 0.1) is 0 Å². The van der Waals surface area contributed by atoms with E-state index in [1.54, 1.807) is 11.8 Å². The van der Waals surface area contributed by atoms with Crippen LogP contribution in [0.5, 0.6) is 0 Å². The van der Waals surface area contributed by atoms with Crippen LogP contribution in [0.4, 0.5) is 0 Å². The molecule has 0 unspecified atom stereocenters. The maximum atomic E-state index is 12.4. The van der Waals surface area contributed by atoms with Crippen LogP contribution >= 0.6 is 11.8 Å². The Labute approximate surface area is 193 Å². The predicted molar refractivity (Wildman–Crippen MR) is 131 cm³/mol. The summed E-state index contributed by atoms with van der Waals surface area (Å²) in [6.45, 7) is 5.60. The third kappa shape index (κ3) is 15.0. The van der Waals surface area contributed by atoms with Crippen LogP contribution in [0.2, 0.25) is 0 Å². The zero-order valence-electron chi connectivity index (χ0n) is 19.9. The number of unbranched alkanes of at least 4 members (excludes halogenated alkanes) is 6. The van der Waals surface area contributed by atoms with Crippen molar-refractivity contribution in [1.29, 1.82) is 0 Å². The van der Waals surface area contributed by atoms with Gasteiger partial charge in [0.2, 0.25) is 5.91 Å². The Morgan fingerprint density at radius 2 is 1.58 bits per heavy atom. The first-order chi connectivity index (χ1) is 14.8. The first kappa shape index (κ1) is 27.5. The highest BCUT2D eigenvalue weighted by Gasteiger charge is 2.22. The topological polar surface area (TPSA) is 67.4 Å². The van der Waals surface area contributed by atoms with E-state index < -0.39 is 11.6 Å². The molecule has 2 amide bonds. The molecule has 1 atom stereocenters. The highest BCUT2D eigenvalue weighted by Crippen LogP contribution is 2.12. The lowest BCUT2D eigenvalue weighted by Crippen LogP contribution is -2.48. The van der Waals surface area contributed by atoms with Gasteiger partial charge < -0.3 is 5.32 Å². The molecule has 0 saturated heterocycles. The summed E-state index contributed by atoms with van der Waals surface area (Å²) in [5.74, 6) is 0.464. The normalized spacial score (nSPS) is 12.4. The molecule has 0 radical (unpaired) electrons. The number of thioether (sulfide) groups is 1. The highest BCUT2D eigenvalue weighted by atomic mass is 32.2. The minimum absolute atomic E-state index is 0.0557. The number of rotatable bonds is 16. The van der Waals surface area contributed by atoms with E-state index in [1.807, 2.05) is 27.0 Å². The number of benzene rings is 1. The first-order valence-corrected chi connectivity index (χ1v) is 13.0. The molecule has 0 aliphatic carbocycles. The Kier molecular flexibility index (Phi) is 14.3. The average molecular weight is 451 g/mol. The summed E-state index contributed by atoms with van der Waals surface area (Å²) in [6.07, 6.45) is 12.3. The Morgan fingerprint density at radius 1 is 0.968 bits per heavy atom. The molecule has 176 valence electrons. The standard InChI is InChI=1S/C25H42N2O3S/c1-25(2,3)30-27-24(29)22(19-20-31-4)26-23(28)18-14-9-7-5-6-8-11-15-21-16-12-10-13-17-21/h10,12-13,16-17,22H,5-9,11,14-15,18-20H2,1-4H3,(H,26,28)(H,27,29)/t22-/m1/s1. The molecule has 0 saturated carbocycles. The van der Waals surface area contributed by atoms with Gasteiger partial charge in [-0.05, 0) is 64.0 Å². The van der Waals surface area contributed by atoms with Crippen LogP contribution in [0.25, 0.3) is 0 Å². The summed E-state index contributed by atoms with van der Waals surface area (Å²) in [7, 11) is 0. The number of hydrogen-bond acceptors (Lipinski definition) is 4. The van der Waals surface area contributed by atoms with Gasteiger partial charge in [-0.15, -0.1) is 0 Å². The Bertz CT molecular complexity index is 617. The van der Waals surface area contributed by atoms with Gasteiger partial charge in [-0.25, -0.2) is 5.48 Å². The van der Waals surface area contributed by atoms with Crippen molar-refractivity contribution in [2.75, 3.05) is 12.0 Å². The van der Waals surface area contributed by atoms with E-state index in [4.69, 9.17) is 4.84 Å². The fourth-order valence-electron chi connectivity index (χ4n) is 3.19. The van der Waals surface area contributed by atoms with Crippen molar-refractivity contribution in [1.82, 2.24) is 10.8 Å². The summed E-state index contributed by atoms with van der Waals surface area (Å²) in [6, 6.07) is 10.1. The zero-order chi connectivity index (χ0) is 23.0. The fraction of sp³-hybridized carbons (Fsp3) is 0.680. The van der Waals surface area contributed by atoms with E-state index in [0.717, 1.165) is 31.4 Å². The molecule has 0 aliphatic rings. The van der Waals surface area contributed by atoms with Gasteiger partial charge in [0, 0.05) is 6.42 Å². The van der Waals surface area contributed by atoms with Crippen molar-refractivity contribution in [3.63, 3.8) is 0 Å². The largest absolute Gasteiger partial charge is 0.344 e. The monoisotopic (exact) mass is 450 g/mol. The van der Waals surface area contributed by atoms with Crippen molar-refractivity contribution in [3.05, 3.63) is 35.9 Å². The second-order valence-corrected chi connectivity index (χ2v) is 10.0. The number of nitrogens with one attached hydrogen (secondary N) is 2. The van der Waals surface area contributed by atoms with Gasteiger partial charge in [0.05, 0.1) is 5.60 Å². The molecule has 1 aromatic carbocycles. The van der Waals surface area contributed by atoms with Gasteiger partial charge in [0.25, 0.3) is 5.91 Å². The maximum absolute atomic E-state index is 12.4. The molecule has 0 bridgehead atoms. The van der Waals surface area contributed by atoms with E-state index in [-0.39, 0.29) is 11.8 Å². The van der Waals surface area contributed by atoms with E-state index in [9.17, 15) is 9.59 Å². The predicted octanol–water partition coefficient (Wildman–Crippen LogP) is 5.43.